The van der Waals surface area contributed by atoms with Crippen LogP contribution >= 0.6 is 0 Å². The third-order valence-electron chi connectivity index (χ3n) is 15.2. The number of likely N-dealkylation sites (N-methyl/N-ethyl adjacent to an activating group) is 7. The van der Waals surface area contributed by atoms with E-state index in [0.717, 1.165) is 14.7 Å². The van der Waals surface area contributed by atoms with Gasteiger partial charge in [-0.1, -0.05) is 102 Å². The average molecular weight is 1160 g/mol. The van der Waals surface area contributed by atoms with Crippen molar-refractivity contribution in [2.45, 2.75) is 197 Å². The van der Waals surface area contributed by atoms with Gasteiger partial charge in [-0.05, 0) is 88.4 Å². The smallest absolute Gasteiger partial charge is 0.246 e. The molecule has 0 bridgehead atoms. The van der Waals surface area contributed by atoms with E-state index >= 15 is 9.59 Å². The predicted molar refractivity (Wildman–Crippen MR) is 316 cm³/mol. The SMILES string of the molecule is C/C=C\C[C@@H](C)[C@H](O)C(C(=O)N[C@@H](CC)C(=O)N(C)CC(=O)N(C)CC(N)=O)N(C)C(=O)[C@@H](C(C)C)N(C)C(=O)[C@@H](CC(C)C)N(C)C(=O)[C@@H](CC(C)C)N(C)C(=O)[C@H](C)NC(=O)[C@@H](C)NC(=O)[C@H](CC(C)C)N(C)C(=O)[C@H](C)C(C)C. The molecule has 0 saturated heterocycles. The number of amides is 11. The topological polar surface area (TPSA) is 293 Å². The maximum atomic E-state index is 15.1. The van der Waals surface area contributed by atoms with Crippen molar-refractivity contribution in [3.8, 4) is 0 Å². The summed E-state index contributed by atoms with van der Waals surface area (Å²) >= 11 is 0. The molecule has 82 heavy (non-hydrogen) atoms. The molecule has 23 heteroatoms. The Morgan fingerprint density at radius 1 is 0.476 bits per heavy atom. The second-order valence-corrected chi connectivity index (χ2v) is 24.5. The van der Waals surface area contributed by atoms with Crippen molar-refractivity contribution < 1.29 is 57.8 Å². The Morgan fingerprint density at radius 2 is 0.915 bits per heavy atom. The molecule has 11 amide bonds. The number of hydrogen-bond acceptors (Lipinski definition) is 12. The van der Waals surface area contributed by atoms with E-state index in [1.165, 1.54) is 75.7 Å². The van der Waals surface area contributed by atoms with E-state index in [1.54, 1.807) is 60.7 Å². The van der Waals surface area contributed by atoms with Gasteiger partial charge in [-0.3, -0.25) is 52.7 Å². The van der Waals surface area contributed by atoms with Crippen LogP contribution in [0.2, 0.25) is 0 Å². The van der Waals surface area contributed by atoms with Crippen LogP contribution in [-0.4, -0.2) is 221 Å². The number of hydrogen-bond donors (Lipinski definition) is 5. The molecule has 0 aromatic rings. The summed E-state index contributed by atoms with van der Waals surface area (Å²) in [5.41, 5.74) is 5.23. The molecule has 0 fully saturated rings. The Kier molecular flexibility index (Phi) is 32.5. The second-order valence-electron chi connectivity index (χ2n) is 24.5. The number of rotatable bonds is 34. The molecule has 0 aliphatic rings. The molecule has 6 N–H and O–H groups in total. The summed E-state index contributed by atoms with van der Waals surface area (Å²) in [6, 6.07) is -9.48. The third-order valence-corrected chi connectivity index (χ3v) is 15.2. The number of nitrogens with two attached hydrogens (primary N) is 1. The highest BCUT2D eigenvalue weighted by Crippen LogP contribution is 2.25. The van der Waals surface area contributed by atoms with Crippen molar-refractivity contribution in [3.05, 3.63) is 12.2 Å². The van der Waals surface area contributed by atoms with E-state index in [0.29, 0.717) is 12.8 Å². The summed E-state index contributed by atoms with van der Waals surface area (Å²) in [6.45, 7) is 27.7. The van der Waals surface area contributed by atoms with E-state index in [9.17, 15) is 48.3 Å². The quantitative estimate of drug-likeness (QED) is 0.0581. The van der Waals surface area contributed by atoms with Crippen LogP contribution in [0, 0.1) is 41.4 Å². The molecule has 0 aliphatic heterocycles. The molecule has 23 nitrogen and oxygen atoms in total. The van der Waals surface area contributed by atoms with Crippen molar-refractivity contribution in [1.82, 2.24) is 50.2 Å². The lowest BCUT2D eigenvalue weighted by Crippen LogP contribution is -2.63. The zero-order valence-corrected chi connectivity index (χ0v) is 54.0. The van der Waals surface area contributed by atoms with Gasteiger partial charge in [0, 0.05) is 55.3 Å². The summed E-state index contributed by atoms with van der Waals surface area (Å²) in [6.07, 6.45) is 3.12. The van der Waals surface area contributed by atoms with Gasteiger partial charge < -0.3 is 61.1 Å². The van der Waals surface area contributed by atoms with Crippen LogP contribution < -0.4 is 21.7 Å². The number of nitrogens with zero attached hydrogens (tertiary/aromatic N) is 7. The maximum absolute atomic E-state index is 15.1. The molecule has 0 aromatic carbocycles. The lowest BCUT2D eigenvalue weighted by molar-refractivity contribution is -0.157. The number of aliphatic hydroxyl groups is 1. The molecule has 0 heterocycles. The van der Waals surface area contributed by atoms with Crippen LogP contribution in [0.3, 0.4) is 0 Å². The first-order valence-electron chi connectivity index (χ1n) is 29.0. The summed E-state index contributed by atoms with van der Waals surface area (Å²) in [7, 11) is 9.96. The molecular formula is C59H107N11O12. The maximum Gasteiger partial charge on any atom is 0.246 e. The van der Waals surface area contributed by atoms with Crippen molar-refractivity contribution in [1.29, 1.82) is 0 Å². The number of carbonyl (C=O) groups is 11. The standard InChI is InChI=1S/C59H107N11O12/c1-24-26-27-38(13)50(73)49(53(76)63-42(25-2)56(79)65(18)32-47(72)64(17)31-46(60)71)70(23)59(82)48(37(11)12)69(22)58(81)45(30-35(7)8)68(21)57(80)44(29-34(5)6)67(20)55(78)41(16)62-51(74)40(15)61-52(75)43(28-33(3)4)66(19)54(77)39(14)36(9)10/h24,26,33-45,48-50,73H,25,27-32H2,1-23H3,(H2,60,71)(H,61,75)(H,62,74)(H,63,76)/b26-24-/t38-,39-,40-,41+,42+,43+,44-,45-,48-,49?,50+/m1/s1. The number of nitrogens with one attached hydrogen (secondary N) is 3. The molecular weight excluding hydrogens is 1050 g/mol. The highest BCUT2D eigenvalue weighted by molar-refractivity contribution is 5.98. The van der Waals surface area contributed by atoms with Crippen LogP contribution in [0.1, 0.15) is 143 Å². The Balaban J connectivity index is 7.01. The van der Waals surface area contributed by atoms with Crippen LogP contribution in [0.15, 0.2) is 12.2 Å². The zero-order valence-electron chi connectivity index (χ0n) is 54.0. The molecule has 0 radical (unpaired) electrons. The lowest BCUT2D eigenvalue weighted by atomic mass is 9.91. The van der Waals surface area contributed by atoms with Gasteiger partial charge in [0.05, 0.1) is 19.2 Å². The van der Waals surface area contributed by atoms with Gasteiger partial charge in [-0.15, -0.1) is 0 Å². The summed E-state index contributed by atoms with van der Waals surface area (Å²) < 4.78 is 0. The van der Waals surface area contributed by atoms with Crippen LogP contribution in [0.25, 0.3) is 0 Å². The number of allylic oxidation sites excluding steroid dienone is 2. The van der Waals surface area contributed by atoms with Gasteiger partial charge in [0.1, 0.15) is 48.3 Å². The molecule has 0 spiro atoms. The lowest BCUT2D eigenvalue weighted by Gasteiger charge is -2.41. The number of carbonyl (C=O) groups excluding carboxylic acids is 11. The fourth-order valence-corrected chi connectivity index (χ4v) is 9.57. The Labute approximate surface area is 490 Å². The minimum atomic E-state index is -1.59. The number of aliphatic hydroxyl groups excluding tert-OH is 1. The van der Waals surface area contributed by atoms with E-state index in [1.807, 2.05) is 55.4 Å². The molecule has 0 saturated carbocycles. The van der Waals surface area contributed by atoms with E-state index in [2.05, 4.69) is 16.0 Å². The zero-order chi connectivity index (χ0) is 64.1. The minimum Gasteiger partial charge on any atom is -0.390 e. The molecule has 0 aliphatic carbocycles. The Hall–Kier alpha value is -6.13. The summed E-state index contributed by atoms with van der Waals surface area (Å²) in [5, 5.41) is 20.0. The van der Waals surface area contributed by atoms with Gasteiger partial charge in [0.15, 0.2) is 0 Å². The van der Waals surface area contributed by atoms with Gasteiger partial charge in [-0.25, -0.2) is 0 Å². The van der Waals surface area contributed by atoms with E-state index in [-0.39, 0.29) is 61.3 Å². The molecule has 0 aromatic heterocycles. The van der Waals surface area contributed by atoms with E-state index in [4.69, 9.17) is 5.73 Å². The highest BCUT2D eigenvalue weighted by atomic mass is 16.3. The summed E-state index contributed by atoms with van der Waals surface area (Å²) in [4.78, 5) is 161. The van der Waals surface area contributed by atoms with E-state index < -0.39 is 132 Å². The Bertz CT molecular complexity index is 2200. The highest BCUT2D eigenvalue weighted by Gasteiger charge is 2.45. The van der Waals surface area contributed by atoms with Gasteiger partial charge in [-0.2, -0.15) is 0 Å². The Morgan fingerprint density at radius 3 is 1.35 bits per heavy atom. The first-order chi connectivity index (χ1) is 37.7. The number of primary amides is 1. The monoisotopic (exact) mass is 1160 g/mol. The predicted octanol–water partition coefficient (Wildman–Crippen LogP) is 2.48. The van der Waals surface area contributed by atoms with Crippen LogP contribution in [0.4, 0.5) is 0 Å². The molecule has 0 rings (SSSR count). The molecule has 470 valence electrons. The first kappa shape index (κ1) is 75.9. The van der Waals surface area contributed by atoms with Gasteiger partial charge in [0.25, 0.3) is 0 Å². The van der Waals surface area contributed by atoms with Gasteiger partial charge >= 0.3 is 0 Å². The van der Waals surface area contributed by atoms with Crippen LogP contribution in [0.5, 0.6) is 0 Å². The van der Waals surface area contributed by atoms with Crippen molar-refractivity contribution >= 4 is 65.0 Å². The minimum absolute atomic E-state index is 0.0392. The second kappa shape index (κ2) is 35.1. The molecule has 11 atom stereocenters. The van der Waals surface area contributed by atoms with Crippen molar-refractivity contribution in [2.24, 2.45) is 47.2 Å². The average Bonchev–Trinajstić information content (AvgIpc) is 3.39. The summed E-state index contributed by atoms with van der Waals surface area (Å²) in [5.74, 6) is -8.51. The largest absolute Gasteiger partial charge is 0.390 e. The van der Waals surface area contributed by atoms with Crippen LogP contribution in [-0.2, 0) is 52.7 Å². The van der Waals surface area contributed by atoms with Crippen molar-refractivity contribution in [2.75, 3.05) is 62.4 Å². The first-order valence-corrected chi connectivity index (χ1v) is 29.0. The van der Waals surface area contributed by atoms with Crippen molar-refractivity contribution in [3.63, 3.8) is 0 Å². The molecule has 1 unspecified atom stereocenters. The fourth-order valence-electron chi connectivity index (χ4n) is 9.57. The third kappa shape index (κ3) is 22.6. The fraction of sp³-hybridized carbons (Fsp3) is 0.780. The van der Waals surface area contributed by atoms with Gasteiger partial charge in [0.2, 0.25) is 65.0 Å². The normalized spacial score (nSPS) is 15.7.